The molecule has 1 atom stereocenters. The van der Waals surface area contributed by atoms with Crippen molar-refractivity contribution in [3.8, 4) is 0 Å². The Morgan fingerprint density at radius 2 is 1.70 bits per heavy atom. The molecule has 0 aromatic carbocycles. The molecule has 0 bridgehead atoms. The van der Waals surface area contributed by atoms with Gasteiger partial charge in [0.05, 0.1) is 6.04 Å². The number of aliphatic hydroxyl groups is 1. The monoisotopic (exact) mass is 165 g/mol. The zero-order chi connectivity index (χ0) is 8.57. The Morgan fingerprint density at radius 3 is 1.70 bits per heavy atom. The van der Waals surface area contributed by atoms with Gasteiger partial charge in [0, 0.05) is 13.1 Å². The lowest BCUT2D eigenvalue weighted by atomic mass is 10.4. The molecule has 0 saturated heterocycles. The van der Waals surface area contributed by atoms with Crippen LogP contribution in [0.1, 0.15) is 6.92 Å². The van der Waals surface area contributed by atoms with Crippen molar-refractivity contribution in [3.63, 3.8) is 0 Å². The second kappa shape index (κ2) is 8.77. The van der Waals surface area contributed by atoms with E-state index >= 15 is 0 Å². The quantitative estimate of drug-likeness (QED) is 0.398. The van der Waals surface area contributed by atoms with Crippen LogP contribution in [-0.2, 0) is 0 Å². The second-order valence-electron chi connectivity index (χ2n) is 1.70. The molecule has 1 unspecified atom stereocenters. The van der Waals surface area contributed by atoms with Gasteiger partial charge in [-0.2, -0.15) is 0 Å². The number of hydrogen-bond donors (Lipinski definition) is 4. The van der Waals surface area contributed by atoms with Crippen LogP contribution in [0.25, 0.3) is 0 Å². The first kappa shape index (κ1) is 12.4. The molecule has 0 aliphatic carbocycles. The predicted octanol–water partition coefficient (Wildman–Crippen LogP) is -0.877. The molecular formula is C5H15N3OS. The minimum Gasteiger partial charge on any atom is -0.501 e. The van der Waals surface area contributed by atoms with Gasteiger partial charge in [0.1, 0.15) is 0 Å². The first-order valence-corrected chi connectivity index (χ1v) is 3.35. The Bertz CT molecular complexity index is 85.0. The van der Waals surface area contributed by atoms with Gasteiger partial charge in [0.15, 0.2) is 5.05 Å². The summed E-state index contributed by atoms with van der Waals surface area (Å²) in [5, 5.41) is 8.11. The van der Waals surface area contributed by atoms with E-state index in [-0.39, 0.29) is 11.1 Å². The SMILES string of the molecule is CC(N)C(O)=S.NCCN. The van der Waals surface area contributed by atoms with Crippen LogP contribution in [0.15, 0.2) is 0 Å². The number of thiocarbonyl (C=S) groups is 1. The summed E-state index contributed by atoms with van der Waals surface area (Å²) in [5.74, 6) is 0. The third kappa shape index (κ3) is 15.7. The number of nitrogens with two attached hydrogens (primary N) is 3. The van der Waals surface area contributed by atoms with Gasteiger partial charge in [-0.25, -0.2) is 0 Å². The highest BCUT2D eigenvalue weighted by molar-refractivity contribution is 7.80. The fraction of sp³-hybridized carbons (Fsp3) is 0.800. The summed E-state index contributed by atoms with van der Waals surface area (Å²) in [6.07, 6.45) is 0. The van der Waals surface area contributed by atoms with E-state index in [0.29, 0.717) is 13.1 Å². The summed E-state index contributed by atoms with van der Waals surface area (Å²) in [6, 6.07) is -0.361. The van der Waals surface area contributed by atoms with Gasteiger partial charge >= 0.3 is 0 Å². The predicted molar refractivity (Wildman–Crippen MR) is 47.0 cm³/mol. The van der Waals surface area contributed by atoms with E-state index in [4.69, 9.17) is 22.3 Å². The standard InChI is InChI=1S/C3H7NOS.C2H8N2/c1-2(4)3(5)6;3-1-2-4/h2H,4H2,1H3,(H,5,6);1-4H2. The van der Waals surface area contributed by atoms with Crippen molar-refractivity contribution in [1.29, 1.82) is 0 Å². The van der Waals surface area contributed by atoms with Crippen LogP contribution in [0.5, 0.6) is 0 Å². The van der Waals surface area contributed by atoms with Gasteiger partial charge in [-0.3, -0.25) is 0 Å². The van der Waals surface area contributed by atoms with Crippen LogP contribution in [0.3, 0.4) is 0 Å². The second-order valence-corrected chi connectivity index (χ2v) is 2.12. The smallest absolute Gasteiger partial charge is 0.173 e. The minimum absolute atomic E-state index is 0.130. The maximum absolute atomic E-state index is 8.24. The van der Waals surface area contributed by atoms with Crippen LogP contribution in [0.4, 0.5) is 0 Å². The van der Waals surface area contributed by atoms with E-state index in [9.17, 15) is 0 Å². The molecule has 0 fully saturated rings. The molecule has 0 radical (unpaired) electrons. The molecule has 0 aromatic rings. The molecule has 7 N–H and O–H groups in total. The topological polar surface area (TPSA) is 98.3 Å². The molecular weight excluding hydrogens is 150 g/mol. The maximum atomic E-state index is 8.24. The molecule has 0 rings (SSSR count). The van der Waals surface area contributed by atoms with E-state index in [1.54, 1.807) is 6.92 Å². The van der Waals surface area contributed by atoms with Gasteiger partial charge in [0.2, 0.25) is 0 Å². The van der Waals surface area contributed by atoms with Crippen molar-refractivity contribution in [3.05, 3.63) is 0 Å². The third-order valence-electron chi connectivity index (χ3n) is 0.556. The summed E-state index contributed by atoms with van der Waals surface area (Å²) in [6.45, 7) is 2.82. The van der Waals surface area contributed by atoms with Crippen LogP contribution in [0.2, 0.25) is 0 Å². The third-order valence-corrected chi connectivity index (χ3v) is 0.928. The normalized spacial score (nSPS) is 11.2. The Morgan fingerprint density at radius 1 is 1.50 bits per heavy atom. The van der Waals surface area contributed by atoms with Gasteiger partial charge in [-0.1, -0.05) is 0 Å². The summed E-state index contributed by atoms with van der Waals surface area (Å²) in [7, 11) is 0. The average molecular weight is 165 g/mol. The zero-order valence-electron chi connectivity index (χ0n) is 6.08. The van der Waals surface area contributed by atoms with Gasteiger partial charge in [-0.15, -0.1) is 0 Å². The molecule has 0 amide bonds. The Balaban J connectivity index is 0. The highest BCUT2D eigenvalue weighted by atomic mass is 32.1. The van der Waals surface area contributed by atoms with Crippen molar-refractivity contribution in [2.24, 2.45) is 17.2 Å². The molecule has 0 spiro atoms. The van der Waals surface area contributed by atoms with Gasteiger partial charge in [0.25, 0.3) is 0 Å². The largest absolute Gasteiger partial charge is 0.501 e. The molecule has 10 heavy (non-hydrogen) atoms. The van der Waals surface area contributed by atoms with E-state index in [1.165, 1.54) is 0 Å². The van der Waals surface area contributed by atoms with Crippen molar-refractivity contribution in [2.75, 3.05) is 13.1 Å². The van der Waals surface area contributed by atoms with Crippen LogP contribution >= 0.6 is 12.2 Å². The van der Waals surface area contributed by atoms with Crippen molar-refractivity contribution < 1.29 is 5.11 Å². The minimum atomic E-state index is -0.361. The summed E-state index contributed by atoms with van der Waals surface area (Å²) in [5.41, 5.74) is 14.8. The lowest BCUT2D eigenvalue weighted by Gasteiger charge is -1.94. The number of aliphatic hydroxyl groups excluding tert-OH is 1. The maximum Gasteiger partial charge on any atom is 0.173 e. The van der Waals surface area contributed by atoms with Gasteiger partial charge < -0.3 is 22.3 Å². The van der Waals surface area contributed by atoms with Crippen LogP contribution < -0.4 is 17.2 Å². The van der Waals surface area contributed by atoms with Crippen LogP contribution in [0, 0.1) is 0 Å². The molecule has 4 nitrogen and oxygen atoms in total. The fourth-order valence-electron chi connectivity index (χ4n) is 0. The zero-order valence-corrected chi connectivity index (χ0v) is 6.90. The van der Waals surface area contributed by atoms with Gasteiger partial charge in [-0.05, 0) is 19.1 Å². The first-order chi connectivity index (χ1) is 4.56. The van der Waals surface area contributed by atoms with Crippen LogP contribution in [-0.4, -0.2) is 29.3 Å². The van der Waals surface area contributed by atoms with E-state index < -0.39 is 0 Å². The molecule has 0 aromatic heterocycles. The summed E-state index contributed by atoms with van der Waals surface area (Å²) in [4.78, 5) is 0. The van der Waals surface area contributed by atoms with E-state index in [1.807, 2.05) is 0 Å². The summed E-state index contributed by atoms with van der Waals surface area (Å²) < 4.78 is 0. The van der Waals surface area contributed by atoms with E-state index in [0.717, 1.165) is 0 Å². The lowest BCUT2D eigenvalue weighted by Crippen LogP contribution is -2.23. The molecule has 0 aliphatic rings. The number of rotatable bonds is 2. The Hall–Kier alpha value is -0.230. The van der Waals surface area contributed by atoms with Crippen molar-refractivity contribution >= 4 is 17.3 Å². The highest BCUT2D eigenvalue weighted by Crippen LogP contribution is 1.74. The van der Waals surface area contributed by atoms with Crippen molar-refractivity contribution in [2.45, 2.75) is 13.0 Å². The average Bonchev–Trinajstić information content (AvgIpc) is 1.89. The Kier molecular flexibility index (Phi) is 10.9. The molecule has 0 saturated carbocycles. The lowest BCUT2D eigenvalue weighted by molar-refractivity contribution is 0.538. The molecule has 0 aliphatic heterocycles. The summed E-state index contributed by atoms with van der Waals surface area (Å²) >= 11 is 4.25. The van der Waals surface area contributed by atoms with Crippen molar-refractivity contribution in [1.82, 2.24) is 0 Å². The number of hydrogen-bond acceptors (Lipinski definition) is 4. The molecule has 5 heteroatoms. The first-order valence-electron chi connectivity index (χ1n) is 2.94. The molecule has 0 heterocycles. The fourth-order valence-corrected chi connectivity index (χ4v) is 0. The molecule has 62 valence electrons. The highest BCUT2D eigenvalue weighted by Gasteiger charge is 1.94. The Labute approximate surface area is 66.4 Å². The van der Waals surface area contributed by atoms with E-state index in [2.05, 4.69) is 12.2 Å².